The third-order valence-electron chi connectivity index (χ3n) is 3.18. The molecular weight excluding hydrogens is 260 g/mol. The van der Waals surface area contributed by atoms with Crippen LogP contribution in [-0.4, -0.2) is 9.97 Å². The molecule has 0 aliphatic carbocycles. The van der Waals surface area contributed by atoms with Crippen molar-refractivity contribution in [1.29, 1.82) is 0 Å². The molecule has 19 heavy (non-hydrogen) atoms. The summed E-state index contributed by atoms with van der Waals surface area (Å²) in [6.07, 6.45) is 4.49. The fourth-order valence-corrected chi connectivity index (χ4v) is 2.24. The number of fused-ring (bicyclic) bond motifs is 1. The Labute approximate surface area is 116 Å². The molecule has 96 valence electrons. The lowest BCUT2D eigenvalue weighted by Crippen LogP contribution is -1.88. The van der Waals surface area contributed by atoms with Crippen LogP contribution in [0.5, 0.6) is 0 Å². The highest BCUT2D eigenvalue weighted by molar-refractivity contribution is 6.32. The minimum Gasteiger partial charge on any atom is -0.436 e. The average Bonchev–Trinajstić information content (AvgIpc) is 2.82. The van der Waals surface area contributed by atoms with Gasteiger partial charge in [-0.25, -0.2) is 4.98 Å². The summed E-state index contributed by atoms with van der Waals surface area (Å²) in [4.78, 5) is 8.67. The standard InChI is InChI=1S/C15H13ClN2O/c1-3-10-8-17-5-4-11(10)15-18-13-6-9(2)12(16)7-14(13)19-15/h4-8H,3H2,1-2H3. The van der Waals surface area contributed by atoms with Crippen molar-refractivity contribution >= 4 is 22.7 Å². The maximum absolute atomic E-state index is 6.10. The van der Waals surface area contributed by atoms with Crippen LogP contribution < -0.4 is 0 Å². The monoisotopic (exact) mass is 272 g/mol. The molecule has 0 amide bonds. The van der Waals surface area contributed by atoms with Crippen molar-refractivity contribution in [2.45, 2.75) is 20.3 Å². The lowest BCUT2D eigenvalue weighted by atomic mass is 10.1. The number of benzene rings is 1. The second-order valence-electron chi connectivity index (χ2n) is 4.47. The number of aryl methyl sites for hydroxylation is 2. The van der Waals surface area contributed by atoms with E-state index in [2.05, 4.69) is 16.9 Å². The molecule has 2 aromatic heterocycles. The Hall–Kier alpha value is -1.87. The number of hydrogen-bond donors (Lipinski definition) is 0. The number of rotatable bonds is 2. The largest absolute Gasteiger partial charge is 0.436 e. The molecule has 2 heterocycles. The maximum atomic E-state index is 6.10. The molecule has 0 N–H and O–H groups in total. The maximum Gasteiger partial charge on any atom is 0.227 e. The fourth-order valence-electron chi connectivity index (χ4n) is 2.09. The molecule has 0 aliphatic rings. The van der Waals surface area contributed by atoms with E-state index in [1.165, 1.54) is 0 Å². The molecule has 3 aromatic rings. The van der Waals surface area contributed by atoms with Gasteiger partial charge in [0.05, 0.1) is 0 Å². The van der Waals surface area contributed by atoms with E-state index in [0.29, 0.717) is 16.5 Å². The van der Waals surface area contributed by atoms with Crippen molar-refractivity contribution in [2.75, 3.05) is 0 Å². The van der Waals surface area contributed by atoms with E-state index in [1.54, 1.807) is 6.20 Å². The fraction of sp³-hybridized carbons (Fsp3) is 0.200. The van der Waals surface area contributed by atoms with Crippen molar-refractivity contribution in [3.63, 3.8) is 0 Å². The number of hydrogen-bond acceptors (Lipinski definition) is 3. The Morgan fingerprint density at radius 1 is 1.32 bits per heavy atom. The van der Waals surface area contributed by atoms with Crippen LogP contribution in [0, 0.1) is 6.92 Å². The van der Waals surface area contributed by atoms with Gasteiger partial charge in [0, 0.05) is 29.0 Å². The Bertz CT molecular complexity index is 710. The molecule has 0 spiro atoms. The van der Waals surface area contributed by atoms with Crippen LogP contribution in [0.25, 0.3) is 22.6 Å². The van der Waals surface area contributed by atoms with Crippen molar-refractivity contribution in [1.82, 2.24) is 9.97 Å². The summed E-state index contributed by atoms with van der Waals surface area (Å²) in [5.41, 5.74) is 4.65. The molecule has 0 saturated carbocycles. The summed E-state index contributed by atoms with van der Waals surface area (Å²) in [6, 6.07) is 5.69. The highest BCUT2D eigenvalue weighted by Gasteiger charge is 2.12. The smallest absolute Gasteiger partial charge is 0.227 e. The van der Waals surface area contributed by atoms with Crippen molar-refractivity contribution < 1.29 is 4.42 Å². The van der Waals surface area contributed by atoms with Crippen LogP contribution in [0.15, 0.2) is 35.0 Å². The molecule has 3 rings (SSSR count). The van der Waals surface area contributed by atoms with E-state index < -0.39 is 0 Å². The second kappa shape index (κ2) is 4.67. The molecule has 0 saturated heterocycles. The number of nitrogens with zero attached hydrogens (tertiary/aromatic N) is 2. The van der Waals surface area contributed by atoms with Crippen LogP contribution >= 0.6 is 11.6 Å². The summed E-state index contributed by atoms with van der Waals surface area (Å²) in [6.45, 7) is 4.05. The zero-order valence-electron chi connectivity index (χ0n) is 10.8. The molecule has 0 unspecified atom stereocenters. The van der Waals surface area contributed by atoms with Crippen molar-refractivity contribution in [2.24, 2.45) is 0 Å². The first-order chi connectivity index (χ1) is 9.19. The molecule has 4 heteroatoms. The molecule has 0 bridgehead atoms. The van der Waals surface area contributed by atoms with Crippen molar-refractivity contribution in [3.8, 4) is 11.5 Å². The molecule has 0 fully saturated rings. The van der Waals surface area contributed by atoms with Crippen LogP contribution in [0.3, 0.4) is 0 Å². The Kier molecular flexibility index (Phi) is 2.99. The summed E-state index contributed by atoms with van der Waals surface area (Å²) in [7, 11) is 0. The highest BCUT2D eigenvalue weighted by atomic mass is 35.5. The minimum absolute atomic E-state index is 0.621. The van der Waals surface area contributed by atoms with E-state index >= 15 is 0 Å². The number of oxazole rings is 1. The number of aromatic nitrogens is 2. The Balaban J connectivity index is 2.20. The molecule has 0 aliphatic heterocycles. The van der Waals surface area contributed by atoms with Crippen molar-refractivity contribution in [3.05, 3.63) is 46.7 Å². The first-order valence-corrected chi connectivity index (χ1v) is 6.56. The van der Waals surface area contributed by atoms with Gasteiger partial charge in [0.2, 0.25) is 5.89 Å². The predicted octanol–water partition coefficient (Wildman–Crippen LogP) is 4.41. The summed E-state index contributed by atoms with van der Waals surface area (Å²) >= 11 is 6.10. The molecule has 3 nitrogen and oxygen atoms in total. The average molecular weight is 273 g/mol. The van der Waals surface area contributed by atoms with Gasteiger partial charge in [0.15, 0.2) is 5.58 Å². The molecule has 0 radical (unpaired) electrons. The van der Waals surface area contributed by atoms with Gasteiger partial charge < -0.3 is 4.42 Å². The SMILES string of the molecule is CCc1cnccc1-c1nc2cc(C)c(Cl)cc2o1. The van der Waals surface area contributed by atoms with E-state index in [0.717, 1.165) is 28.6 Å². The quantitative estimate of drug-likeness (QED) is 0.693. The Morgan fingerprint density at radius 2 is 2.16 bits per heavy atom. The third-order valence-corrected chi connectivity index (χ3v) is 3.59. The van der Waals surface area contributed by atoms with E-state index in [4.69, 9.17) is 16.0 Å². The van der Waals surface area contributed by atoms with Crippen LogP contribution in [0.2, 0.25) is 5.02 Å². The number of pyridine rings is 1. The van der Waals surface area contributed by atoms with E-state index in [1.807, 2.05) is 31.3 Å². The lowest BCUT2D eigenvalue weighted by molar-refractivity contribution is 0.618. The second-order valence-corrected chi connectivity index (χ2v) is 4.88. The van der Waals surface area contributed by atoms with Gasteiger partial charge in [-0.15, -0.1) is 0 Å². The van der Waals surface area contributed by atoms with E-state index in [-0.39, 0.29) is 0 Å². The molecular formula is C15H13ClN2O. The summed E-state index contributed by atoms with van der Waals surface area (Å²) < 4.78 is 5.81. The minimum atomic E-state index is 0.621. The predicted molar refractivity (Wildman–Crippen MR) is 76.4 cm³/mol. The zero-order valence-corrected chi connectivity index (χ0v) is 11.5. The molecule has 0 atom stereocenters. The van der Waals surface area contributed by atoms with Gasteiger partial charge in [0.1, 0.15) is 5.52 Å². The first kappa shape index (κ1) is 12.2. The summed E-state index contributed by atoms with van der Waals surface area (Å²) in [5, 5.41) is 0.695. The zero-order chi connectivity index (χ0) is 13.4. The van der Waals surface area contributed by atoms with Gasteiger partial charge in [-0.05, 0) is 36.6 Å². The number of halogens is 1. The van der Waals surface area contributed by atoms with Gasteiger partial charge >= 0.3 is 0 Å². The van der Waals surface area contributed by atoms with E-state index in [9.17, 15) is 0 Å². The van der Waals surface area contributed by atoms with Gasteiger partial charge in [-0.2, -0.15) is 0 Å². The lowest BCUT2D eigenvalue weighted by Gasteiger charge is -2.01. The third kappa shape index (κ3) is 2.10. The Morgan fingerprint density at radius 3 is 2.95 bits per heavy atom. The molecule has 1 aromatic carbocycles. The van der Waals surface area contributed by atoms with Gasteiger partial charge in [0.25, 0.3) is 0 Å². The highest BCUT2D eigenvalue weighted by Crippen LogP contribution is 2.29. The van der Waals surface area contributed by atoms with Gasteiger partial charge in [-0.1, -0.05) is 18.5 Å². The van der Waals surface area contributed by atoms with Gasteiger partial charge in [-0.3, -0.25) is 4.98 Å². The van der Waals surface area contributed by atoms with Crippen LogP contribution in [-0.2, 0) is 6.42 Å². The van der Waals surface area contributed by atoms with Crippen LogP contribution in [0.1, 0.15) is 18.1 Å². The summed E-state index contributed by atoms with van der Waals surface area (Å²) in [5.74, 6) is 0.621. The normalized spacial score (nSPS) is 11.1. The van der Waals surface area contributed by atoms with Crippen LogP contribution in [0.4, 0.5) is 0 Å². The first-order valence-electron chi connectivity index (χ1n) is 6.19. The topological polar surface area (TPSA) is 38.9 Å².